The quantitative estimate of drug-likeness (QED) is 0.545. The number of carbonyl (C=O) groups excluding carboxylic acids is 1. The number of benzene rings is 2. The van der Waals surface area contributed by atoms with Gasteiger partial charge in [0.25, 0.3) is 10.0 Å². The van der Waals surface area contributed by atoms with E-state index in [4.69, 9.17) is 4.42 Å². The molecule has 0 saturated carbocycles. The maximum atomic E-state index is 12.5. The Balaban J connectivity index is 1.72. The minimum atomic E-state index is -3.78. The monoisotopic (exact) mass is 446 g/mol. The Morgan fingerprint density at radius 1 is 1.00 bits per heavy atom. The number of sulfonamides is 1. The molecule has 0 aliphatic carbocycles. The summed E-state index contributed by atoms with van der Waals surface area (Å²) in [5.41, 5.74) is 0.803. The molecule has 1 aromatic heterocycles. The Bertz CT molecular complexity index is 1060. The van der Waals surface area contributed by atoms with Crippen molar-refractivity contribution in [1.82, 2.24) is 0 Å². The topological polar surface area (TPSA) is 88.4 Å². The maximum absolute atomic E-state index is 12.5. The van der Waals surface area contributed by atoms with Crippen LogP contribution in [0.2, 0.25) is 0 Å². The van der Waals surface area contributed by atoms with Gasteiger partial charge in [-0.2, -0.15) is 0 Å². The highest BCUT2D eigenvalue weighted by Gasteiger charge is 2.15. The Kier molecular flexibility index (Phi) is 5.78. The van der Waals surface area contributed by atoms with E-state index in [1.807, 2.05) is 0 Å². The summed E-state index contributed by atoms with van der Waals surface area (Å²) in [7, 11) is -3.78. The third-order valence-electron chi connectivity index (χ3n) is 3.45. The molecule has 6 nitrogen and oxygen atoms in total. The first-order valence-electron chi connectivity index (χ1n) is 7.83. The van der Waals surface area contributed by atoms with Gasteiger partial charge in [0.2, 0.25) is 5.91 Å². The Labute approximate surface area is 165 Å². The van der Waals surface area contributed by atoms with Gasteiger partial charge in [0.1, 0.15) is 5.76 Å². The molecule has 2 aromatic carbocycles. The summed E-state index contributed by atoms with van der Waals surface area (Å²) in [6.07, 6.45) is 4.33. The summed E-state index contributed by atoms with van der Waals surface area (Å²) < 4.78 is 33.5. The van der Waals surface area contributed by atoms with E-state index in [0.717, 1.165) is 4.47 Å². The van der Waals surface area contributed by atoms with E-state index in [-0.39, 0.29) is 4.90 Å². The van der Waals surface area contributed by atoms with Gasteiger partial charge in [-0.3, -0.25) is 9.52 Å². The van der Waals surface area contributed by atoms with Gasteiger partial charge >= 0.3 is 0 Å². The number of carbonyl (C=O) groups is 1. The summed E-state index contributed by atoms with van der Waals surface area (Å²) in [5, 5.41) is 2.62. The third kappa shape index (κ3) is 5.32. The van der Waals surface area contributed by atoms with Gasteiger partial charge in [-0.05, 0) is 60.7 Å². The normalized spacial score (nSPS) is 11.4. The van der Waals surface area contributed by atoms with Crippen LogP contribution in [0.15, 0.2) is 86.8 Å². The first-order valence-corrected chi connectivity index (χ1v) is 10.1. The van der Waals surface area contributed by atoms with E-state index in [1.54, 1.807) is 48.5 Å². The molecule has 0 fully saturated rings. The summed E-state index contributed by atoms with van der Waals surface area (Å²) >= 11 is 3.30. The molecule has 0 aliphatic heterocycles. The van der Waals surface area contributed by atoms with Crippen molar-refractivity contribution in [2.45, 2.75) is 4.90 Å². The van der Waals surface area contributed by atoms with Gasteiger partial charge in [-0.25, -0.2) is 8.42 Å². The lowest BCUT2D eigenvalue weighted by Gasteiger charge is -2.10. The number of furan rings is 1. The van der Waals surface area contributed by atoms with Crippen LogP contribution in [0.5, 0.6) is 0 Å². The third-order valence-corrected chi connectivity index (χ3v) is 5.36. The number of hydrogen-bond acceptors (Lipinski definition) is 4. The van der Waals surface area contributed by atoms with Crippen molar-refractivity contribution in [3.8, 4) is 0 Å². The molecule has 8 heteroatoms. The Hall–Kier alpha value is -2.84. The van der Waals surface area contributed by atoms with Crippen molar-refractivity contribution in [3.05, 3.63) is 83.2 Å². The Morgan fingerprint density at radius 2 is 1.78 bits per heavy atom. The standard InChI is InChI=1S/C19H15BrN2O4S/c20-14-6-8-15(9-7-14)22-27(24,25)18-5-1-3-16(13-18)21-19(23)11-10-17-4-2-12-26-17/h1-13,22H,(H,21,23). The van der Waals surface area contributed by atoms with E-state index >= 15 is 0 Å². The van der Waals surface area contributed by atoms with Crippen LogP contribution in [0.4, 0.5) is 11.4 Å². The van der Waals surface area contributed by atoms with E-state index in [1.165, 1.54) is 30.5 Å². The van der Waals surface area contributed by atoms with Crippen LogP contribution in [0.1, 0.15) is 5.76 Å². The summed E-state index contributed by atoms with van der Waals surface area (Å²) in [6, 6.07) is 16.2. The molecule has 2 N–H and O–H groups in total. The highest BCUT2D eigenvalue weighted by Crippen LogP contribution is 2.21. The first kappa shape index (κ1) is 18.9. The van der Waals surface area contributed by atoms with Crippen molar-refractivity contribution >= 4 is 49.3 Å². The fraction of sp³-hybridized carbons (Fsp3) is 0. The largest absolute Gasteiger partial charge is 0.465 e. The van der Waals surface area contributed by atoms with E-state index in [2.05, 4.69) is 26.0 Å². The van der Waals surface area contributed by atoms with Crippen molar-refractivity contribution in [2.24, 2.45) is 0 Å². The zero-order chi connectivity index (χ0) is 19.3. The number of anilines is 2. The minimum absolute atomic E-state index is 0.0400. The number of hydrogen-bond donors (Lipinski definition) is 2. The zero-order valence-corrected chi connectivity index (χ0v) is 16.3. The number of amides is 1. The average molecular weight is 447 g/mol. The second-order valence-corrected chi connectivity index (χ2v) is 8.08. The molecule has 0 radical (unpaired) electrons. The summed E-state index contributed by atoms with van der Waals surface area (Å²) in [6.45, 7) is 0. The van der Waals surface area contributed by atoms with Gasteiger partial charge in [-0.15, -0.1) is 0 Å². The van der Waals surface area contributed by atoms with E-state index in [0.29, 0.717) is 17.1 Å². The minimum Gasteiger partial charge on any atom is -0.465 e. The lowest BCUT2D eigenvalue weighted by molar-refractivity contribution is -0.111. The molecule has 0 bridgehead atoms. The Morgan fingerprint density at radius 3 is 2.48 bits per heavy atom. The number of halogens is 1. The lowest BCUT2D eigenvalue weighted by atomic mass is 10.3. The predicted molar refractivity (Wildman–Crippen MR) is 108 cm³/mol. The van der Waals surface area contributed by atoms with Crippen LogP contribution < -0.4 is 10.0 Å². The average Bonchev–Trinajstić information content (AvgIpc) is 3.16. The molecule has 1 heterocycles. The lowest BCUT2D eigenvalue weighted by Crippen LogP contribution is -2.14. The second-order valence-electron chi connectivity index (χ2n) is 5.48. The van der Waals surface area contributed by atoms with Gasteiger partial charge < -0.3 is 9.73 Å². The van der Waals surface area contributed by atoms with Crippen molar-refractivity contribution in [3.63, 3.8) is 0 Å². The van der Waals surface area contributed by atoms with Gasteiger partial charge in [0.15, 0.2) is 0 Å². The van der Waals surface area contributed by atoms with Gasteiger partial charge in [0, 0.05) is 21.9 Å². The molecule has 0 atom stereocenters. The molecule has 138 valence electrons. The zero-order valence-electron chi connectivity index (χ0n) is 13.9. The fourth-order valence-corrected chi connectivity index (χ4v) is 3.57. The predicted octanol–water partition coefficient (Wildman–Crippen LogP) is 4.49. The molecular weight excluding hydrogens is 432 g/mol. The molecular formula is C19H15BrN2O4S. The first-order chi connectivity index (χ1) is 12.9. The second kappa shape index (κ2) is 8.24. The van der Waals surface area contributed by atoms with Gasteiger partial charge in [-0.1, -0.05) is 22.0 Å². The van der Waals surface area contributed by atoms with Crippen LogP contribution in [0, 0.1) is 0 Å². The molecule has 3 rings (SSSR count). The van der Waals surface area contributed by atoms with E-state index in [9.17, 15) is 13.2 Å². The molecule has 1 amide bonds. The van der Waals surface area contributed by atoms with Crippen molar-refractivity contribution < 1.29 is 17.6 Å². The molecule has 0 saturated heterocycles. The summed E-state index contributed by atoms with van der Waals surface area (Å²) in [4.78, 5) is 12.0. The highest BCUT2D eigenvalue weighted by atomic mass is 79.9. The SMILES string of the molecule is O=C(C=Cc1ccco1)Nc1cccc(S(=O)(=O)Nc2ccc(Br)cc2)c1. The maximum Gasteiger partial charge on any atom is 0.261 e. The van der Waals surface area contributed by atoms with Crippen LogP contribution >= 0.6 is 15.9 Å². The fourth-order valence-electron chi connectivity index (χ4n) is 2.20. The van der Waals surface area contributed by atoms with Crippen LogP contribution in [-0.4, -0.2) is 14.3 Å². The van der Waals surface area contributed by atoms with Crippen molar-refractivity contribution in [2.75, 3.05) is 10.0 Å². The number of nitrogens with one attached hydrogen (secondary N) is 2. The smallest absolute Gasteiger partial charge is 0.261 e. The van der Waals surface area contributed by atoms with Crippen LogP contribution in [0.3, 0.4) is 0 Å². The molecule has 3 aromatic rings. The van der Waals surface area contributed by atoms with E-state index < -0.39 is 15.9 Å². The highest BCUT2D eigenvalue weighted by molar-refractivity contribution is 9.10. The molecule has 0 spiro atoms. The number of rotatable bonds is 6. The summed E-state index contributed by atoms with van der Waals surface area (Å²) in [5.74, 6) is 0.141. The molecule has 27 heavy (non-hydrogen) atoms. The van der Waals surface area contributed by atoms with Gasteiger partial charge in [0.05, 0.1) is 11.2 Å². The van der Waals surface area contributed by atoms with Crippen LogP contribution in [-0.2, 0) is 14.8 Å². The molecule has 0 unspecified atom stereocenters. The molecule has 0 aliphatic rings. The van der Waals surface area contributed by atoms with Crippen molar-refractivity contribution in [1.29, 1.82) is 0 Å². The van der Waals surface area contributed by atoms with Crippen LogP contribution in [0.25, 0.3) is 6.08 Å².